The van der Waals surface area contributed by atoms with Gasteiger partial charge in [0, 0.05) is 11.3 Å². The number of hydrogen-bond donors (Lipinski definition) is 1. The van der Waals surface area contributed by atoms with Crippen molar-refractivity contribution in [2.75, 3.05) is 0 Å². The second-order valence-corrected chi connectivity index (χ2v) is 6.01. The van der Waals surface area contributed by atoms with Crippen LogP contribution < -0.4 is 0 Å². The van der Waals surface area contributed by atoms with E-state index in [9.17, 15) is 4.79 Å². The average Bonchev–Trinajstić information content (AvgIpc) is 3.17. The normalized spacial score (nSPS) is 10.9. The molecule has 0 saturated heterocycles. The van der Waals surface area contributed by atoms with Gasteiger partial charge in [-0.05, 0) is 24.4 Å². The summed E-state index contributed by atoms with van der Waals surface area (Å²) in [5, 5.41) is 19.2. The predicted molar refractivity (Wildman–Crippen MR) is 77.6 cm³/mol. The number of aromatic carboxylic acids is 1. The summed E-state index contributed by atoms with van der Waals surface area (Å²) in [6.45, 7) is 1.73. The Bertz CT molecular complexity index is 761. The fourth-order valence-corrected chi connectivity index (χ4v) is 3.12. The highest BCUT2D eigenvalue weighted by Gasteiger charge is 2.15. The number of rotatable bonds is 5. The van der Waals surface area contributed by atoms with Gasteiger partial charge in [0.1, 0.15) is 5.76 Å². The van der Waals surface area contributed by atoms with E-state index in [0.29, 0.717) is 22.6 Å². The van der Waals surface area contributed by atoms with Crippen LogP contribution in [0.1, 0.15) is 21.9 Å². The Kier molecular flexibility index (Phi) is 3.80. The molecule has 3 rings (SSSR count). The van der Waals surface area contributed by atoms with Crippen LogP contribution in [0.2, 0.25) is 0 Å². The lowest BCUT2D eigenvalue weighted by Gasteiger charge is -1.94. The SMILES string of the molecule is Cc1oc(C(=O)O)cc1CSc1nnc(-c2cccs2)o1. The quantitative estimate of drug-likeness (QED) is 0.716. The lowest BCUT2D eigenvalue weighted by molar-refractivity contribution is 0.0661. The number of aryl methyl sites for hydroxylation is 1. The first-order valence-electron chi connectivity index (χ1n) is 5.96. The number of thiophene rings is 1. The molecular formula is C13H10N2O4S2. The van der Waals surface area contributed by atoms with Crippen molar-refractivity contribution in [1.29, 1.82) is 0 Å². The molecule has 0 saturated carbocycles. The highest BCUT2D eigenvalue weighted by Crippen LogP contribution is 2.29. The van der Waals surface area contributed by atoms with Gasteiger partial charge in [0.05, 0.1) is 4.88 Å². The Morgan fingerprint density at radius 1 is 1.43 bits per heavy atom. The zero-order valence-corrected chi connectivity index (χ0v) is 12.5. The predicted octanol–water partition coefficient (Wildman–Crippen LogP) is 3.69. The van der Waals surface area contributed by atoms with Crippen molar-refractivity contribution >= 4 is 29.1 Å². The lowest BCUT2D eigenvalue weighted by Crippen LogP contribution is -1.91. The van der Waals surface area contributed by atoms with Gasteiger partial charge in [0.15, 0.2) is 0 Å². The van der Waals surface area contributed by atoms with Crippen molar-refractivity contribution in [2.24, 2.45) is 0 Å². The monoisotopic (exact) mass is 322 g/mol. The average molecular weight is 322 g/mol. The van der Waals surface area contributed by atoms with E-state index >= 15 is 0 Å². The molecule has 8 heteroatoms. The van der Waals surface area contributed by atoms with Crippen LogP contribution in [-0.2, 0) is 5.75 Å². The summed E-state index contributed by atoms with van der Waals surface area (Å²) in [4.78, 5) is 11.8. The highest BCUT2D eigenvalue weighted by atomic mass is 32.2. The second-order valence-electron chi connectivity index (χ2n) is 4.14. The minimum atomic E-state index is -1.08. The van der Waals surface area contributed by atoms with Crippen molar-refractivity contribution in [1.82, 2.24) is 10.2 Å². The fourth-order valence-electron chi connectivity index (χ4n) is 1.68. The minimum Gasteiger partial charge on any atom is -0.475 e. The third-order valence-corrected chi connectivity index (χ3v) is 4.45. The lowest BCUT2D eigenvalue weighted by atomic mass is 10.3. The Labute approximate surface area is 127 Å². The molecule has 0 amide bonds. The first-order valence-corrected chi connectivity index (χ1v) is 7.83. The molecule has 3 heterocycles. The molecule has 0 radical (unpaired) electrons. The van der Waals surface area contributed by atoms with Gasteiger partial charge in [-0.1, -0.05) is 17.8 Å². The van der Waals surface area contributed by atoms with Crippen LogP contribution in [-0.4, -0.2) is 21.3 Å². The first-order chi connectivity index (χ1) is 10.1. The van der Waals surface area contributed by atoms with Crippen LogP contribution >= 0.6 is 23.1 Å². The summed E-state index contributed by atoms with van der Waals surface area (Å²) in [5.41, 5.74) is 0.799. The van der Waals surface area contributed by atoms with E-state index in [1.807, 2.05) is 17.5 Å². The van der Waals surface area contributed by atoms with Gasteiger partial charge in [0.25, 0.3) is 11.1 Å². The molecule has 0 aromatic carbocycles. The maximum atomic E-state index is 10.8. The maximum absolute atomic E-state index is 10.8. The first kappa shape index (κ1) is 13.9. The molecule has 0 aliphatic carbocycles. The minimum absolute atomic E-state index is 0.0621. The van der Waals surface area contributed by atoms with Crippen LogP contribution in [0.3, 0.4) is 0 Å². The summed E-state index contributed by atoms with van der Waals surface area (Å²) >= 11 is 2.87. The van der Waals surface area contributed by atoms with Gasteiger partial charge >= 0.3 is 5.97 Å². The third-order valence-electron chi connectivity index (χ3n) is 2.72. The number of carboxylic acid groups (broad SMARTS) is 1. The molecule has 0 unspecified atom stereocenters. The molecule has 3 aromatic rings. The number of thioether (sulfide) groups is 1. The summed E-state index contributed by atoms with van der Waals surface area (Å²) in [6, 6.07) is 5.34. The van der Waals surface area contributed by atoms with E-state index in [0.717, 1.165) is 10.4 Å². The Balaban J connectivity index is 1.69. The molecule has 6 nitrogen and oxygen atoms in total. The van der Waals surface area contributed by atoms with Gasteiger partial charge in [-0.25, -0.2) is 4.79 Å². The smallest absolute Gasteiger partial charge is 0.371 e. The number of furan rings is 1. The Hall–Kier alpha value is -2.06. The van der Waals surface area contributed by atoms with Crippen LogP contribution in [0, 0.1) is 6.92 Å². The van der Waals surface area contributed by atoms with E-state index in [4.69, 9.17) is 13.9 Å². The van der Waals surface area contributed by atoms with Crippen molar-refractivity contribution in [2.45, 2.75) is 17.9 Å². The third kappa shape index (κ3) is 3.01. The number of aromatic nitrogens is 2. The molecule has 0 spiro atoms. The number of carbonyl (C=O) groups is 1. The zero-order chi connectivity index (χ0) is 14.8. The van der Waals surface area contributed by atoms with Crippen LogP contribution in [0.25, 0.3) is 10.8 Å². The second kappa shape index (κ2) is 5.74. The van der Waals surface area contributed by atoms with Gasteiger partial charge in [0.2, 0.25) is 5.76 Å². The summed E-state index contributed by atoms with van der Waals surface area (Å²) in [7, 11) is 0. The summed E-state index contributed by atoms with van der Waals surface area (Å²) in [5.74, 6) is 0.440. The van der Waals surface area contributed by atoms with E-state index < -0.39 is 5.97 Å². The molecule has 0 fully saturated rings. The largest absolute Gasteiger partial charge is 0.475 e. The number of nitrogens with zero attached hydrogens (tertiary/aromatic N) is 2. The van der Waals surface area contributed by atoms with Crippen LogP contribution in [0.5, 0.6) is 0 Å². The molecular weight excluding hydrogens is 312 g/mol. The van der Waals surface area contributed by atoms with Crippen molar-refractivity contribution in [3.05, 3.63) is 40.7 Å². The van der Waals surface area contributed by atoms with E-state index in [1.54, 1.807) is 6.92 Å². The van der Waals surface area contributed by atoms with Gasteiger partial charge in [-0.2, -0.15) is 0 Å². The van der Waals surface area contributed by atoms with Gasteiger partial charge in [-0.15, -0.1) is 21.5 Å². The van der Waals surface area contributed by atoms with E-state index in [1.165, 1.54) is 29.2 Å². The van der Waals surface area contributed by atoms with Gasteiger partial charge in [-0.3, -0.25) is 0 Å². The Morgan fingerprint density at radius 3 is 2.95 bits per heavy atom. The topological polar surface area (TPSA) is 89.4 Å². The highest BCUT2D eigenvalue weighted by molar-refractivity contribution is 7.98. The molecule has 3 aromatic heterocycles. The van der Waals surface area contributed by atoms with Crippen molar-refractivity contribution in [3.63, 3.8) is 0 Å². The number of carboxylic acids is 1. The molecule has 0 aliphatic rings. The zero-order valence-electron chi connectivity index (χ0n) is 10.9. The summed E-state index contributed by atoms with van der Waals surface area (Å²) < 4.78 is 10.7. The number of hydrogen-bond acceptors (Lipinski definition) is 7. The molecule has 0 aliphatic heterocycles. The molecule has 21 heavy (non-hydrogen) atoms. The fraction of sp³-hybridized carbons (Fsp3) is 0.154. The molecule has 0 bridgehead atoms. The van der Waals surface area contributed by atoms with Gasteiger partial charge < -0.3 is 13.9 Å². The summed E-state index contributed by atoms with van der Waals surface area (Å²) in [6.07, 6.45) is 0. The standard InChI is InChI=1S/C13H10N2O4S2/c1-7-8(5-9(18-7)12(16)17)6-21-13-15-14-11(19-13)10-3-2-4-20-10/h2-5H,6H2,1H3,(H,16,17). The van der Waals surface area contributed by atoms with Crippen molar-refractivity contribution < 1.29 is 18.7 Å². The van der Waals surface area contributed by atoms with Crippen molar-refractivity contribution in [3.8, 4) is 10.8 Å². The maximum Gasteiger partial charge on any atom is 0.371 e. The Morgan fingerprint density at radius 2 is 2.29 bits per heavy atom. The van der Waals surface area contributed by atoms with E-state index in [2.05, 4.69) is 10.2 Å². The molecule has 0 atom stereocenters. The molecule has 1 N–H and O–H groups in total. The van der Waals surface area contributed by atoms with Crippen LogP contribution in [0.15, 0.2) is 37.6 Å². The molecule has 108 valence electrons. The van der Waals surface area contributed by atoms with Crippen LogP contribution in [0.4, 0.5) is 0 Å². The van der Waals surface area contributed by atoms with E-state index in [-0.39, 0.29) is 5.76 Å².